The molecule has 3 atom stereocenters. The van der Waals surface area contributed by atoms with Crippen LogP contribution < -0.4 is 0 Å². The molecule has 3 unspecified atom stereocenters. The summed E-state index contributed by atoms with van der Waals surface area (Å²) in [7, 11) is 0. The maximum atomic E-state index is 12.0. The average Bonchev–Trinajstić information content (AvgIpc) is 2.52. The zero-order valence-corrected chi connectivity index (χ0v) is 15.1. The number of aromatic hydroxyl groups is 1. The number of aryl methyl sites for hydroxylation is 1. The highest BCUT2D eigenvalue weighted by atomic mass is 16.5. The van der Waals surface area contributed by atoms with E-state index < -0.39 is 0 Å². The Morgan fingerprint density at radius 3 is 2.57 bits per heavy atom. The molecule has 128 valence electrons. The first-order valence-corrected chi connectivity index (χ1v) is 8.85. The summed E-state index contributed by atoms with van der Waals surface area (Å²) in [6, 6.07) is 4.01. The SMILES string of the molecule is CCC(C)C(=O)OCC1CCC(C(C)C)c2cc(C)c(O)cc21. The van der Waals surface area contributed by atoms with Crippen molar-refractivity contribution in [2.75, 3.05) is 6.61 Å². The minimum atomic E-state index is -0.114. The van der Waals surface area contributed by atoms with Gasteiger partial charge in [-0.1, -0.05) is 33.8 Å². The van der Waals surface area contributed by atoms with Gasteiger partial charge in [-0.3, -0.25) is 4.79 Å². The fourth-order valence-corrected chi connectivity index (χ4v) is 3.46. The highest BCUT2D eigenvalue weighted by Gasteiger charge is 2.30. The van der Waals surface area contributed by atoms with Gasteiger partial charge < -0.3 is 9.84 Å². The van der Waals surface area contributed by atoms with Crippen molar-refractivity contribution in [2.45, 2.75) is 65.7 Å². The van der Waals surface area contributed by atoms with E-state index in [1.165, 1.54) is 5.56 Å². The Hall–Kier alpha value is -1.51. The molecule has 0 saturated heterocycles. The molecule has 3 heteroatoms. The molecule has 0 bridgehead atoms. The molecule has 2 rings (SSSR count). The number of hydrogen-bond acceptors (Lipinski definition) is 3. The molecular weight excluding hydrogens is 288 g/mol. The van der Waals surface area contributed by atoms with E-state index in [0.29, 0.717) is 24.2 Å². The molecule has 1 aromatic carbocycles. The van der Waals surface area contributed by atoms with Crippen molar-refractivity contribution in [1.82, 2.24) is 0 Å². The van der Waals surface area contributed by atoms with E-state index in [2.05, 4.69) is 19.9 Å². The van der Waals surface area contributed by atoms with Crippen LogP contribution in [0.1, 0.15) is 75.5 Å². The summed E-state index contributed by atoms with van der Waals surface area (Å²) in [5.41, 5.74) is 3.41. The third kappa shape index (κ3) is 3.88. The second kappa shape index (κ2) is 7.37. The van der Waals surface area contributed by atoms with Gasteiger partial charge in [-0.2, -0.15) is 0 Å². The maximum Gasteiger partial charge on any atom is 0.308 e. The molecule has 0 radical (unpaired) electrons. The lowest BCUT2D eigenvalue weighted by Crippen LogP contribution is -2.24. The van der Waals surface area contributed by atoms with Gasteiger partial charge in [0, 0.05) is 5.92 Å². The summed E-state index contributed by atoms with van der Waals surface area (Å²) >= 11 is 0. The molecule has 1 aliphatic carbocycles. The van der Waals surface area contributed by atoms with Gasteiger partial charge in [0.1, 0.15) is 5.75 Å². The largest absolute Gasteiger partial charge is 0.508 e. The number of fused-ring (bicyclic) bond motifs is 1. The summed E-state index contributed by atoms with van der Waals surface area (Å²) < 4.78 is 5.54. The summed E-state index contributed by atoms with van der Waals surface area (Å²) in [5.74, 6) is 1.46. The number of phenols is 1. The van der Waals surface area contributed by atoms with Crippen LogP contribution in [0.2, 0.25) is 0 Å². The molecular formula is C20H30O3. The van der Waals surface area contributed by atoms with E-state index in [-0.39, 0.29) is 17.8 Å². The number of ether oxygens (including phenoxy) is 1. The number of esters is 1. The van der Waals surface area contributed by atoms with Crippen LogP contribution in [0.15, 0.2) is 12.1 Å². The molecule has 0 aromatic heterocycles. The number of carbonyl (C=O) groups excluding carboxylic acids is 1. The van der Waals surface area contributed by atoms with E-state index in [4.69, 9.17) is 4.74 Å². The Kier molecular flexibility index (Phi) is 5.72. The Morgan fingerprint density at radius 2 is 1.96 bits per heavy atom. The Bertz CT molecular complexity index is 562. The zero-order valence-electron chi connectivity index (χ0n) is 15.1. The number of benzene rings is 1. The van der Waals surface area contributed by atoms with Crippen molar-refractivity contribution < 1.29 is 14.6 Å². The average molecular weight is 318 g/mol. The lowest BCUT2D eigenvalue weighted by Gasteiger charge is -2.34. The number of rotatable bonds is 5. The molecule has 3 nitrogen and oxygen atoms in total. The predicted octanol–water partition coefficient (Wildman–Crippen LogP) is 4.91. The molecule has 0 saturated carbocycles. The molecule has 0 amide bonds. The van der Waals surface area contributed by atoms with Crippen molar-refractivity contribution in [3.8, 4) is 5.75 Å². The minimum absolute atomic E-state index is 0.0482. The van der Waals surface area contributed by atoms with E-state index in [1.807, 2.05) is 26.8 Å². The lowest BCUT2D eigenvalue weighted by atomic mass is 9.72. The monoisotopic (exact) mass is 318 g/mol. The molecule has 0 spiro atoms. The standard InChI is InChI=1S/C20H30O3/c1-6-13(4)20(22)23-11-15-7-8-16(12(2)3)18-9-14(5)19(21)10-17(15)18/h9-10,12-13,15-16,21H,6-8,11H2,1-5H3. The Balaban J connectivity index is 2.22. The van der Waals surface area contributed by atoms with Crippen LogP contribution >= 0.6 is 0 Å². The third-order valence-electron chi connectivity index (χ3n) is 5.31. The highest BCUT2D eigenvalue weighted by Crippen LogP contribution is 2.44. The van der Waals surface area contributed by atoms with Crippen molar-refractivity contribution in [1.29, 1.82) is 0 Å². The summed E-state index contributed by atoms with van der Waals surface area (Å²) in [6.45, 7) is 10.8. The maximum absolute atomic E-state index is 12.0. The van der Waals surface area contributed by atoms with Gasteiger partial charge in [0.2, 0.25) is 0 Å². The molecule has 0 heterocycles. The van der Waals surface area contributed by atoms with Crippen molar-refractivity contribution in [3.05, 3.63) is 28.8 Å². The molecule has 1 aliphatic rings. The van der Waals surface area contributed by atoms with Gasteiger partial charge in [0.05, 0.1) is 12.5 Å². The van der Waals surface area contributed by atoms with Crippen LogP contribution in [-0.4, -0.2) is 17.7 Å². The zero-order chi connectivity index (χ0) is 17.1. The molecule has 23 heavy (non-hydrogen) atoms. The number of carbonyl (C=O) groups is 1. The smallest absolute Gasteiger partial charge is 0.308 e. The van der Waals surface area contributed by atoms with Crippen LogP contribution in [0.4, 0.5) is 0 Å². The first kappa shape index (κ1) is 17.8. The summed E-state index contributed by atoms with van der Waals surface area (Å²) in [6.07, 6.45) is 2.92. The van der Waals surface area contributed by atoms with Crippen molar-refractivity contribution >= 4 is 5.97 Å². The van der Waals surface area contributed by atoms with E-state index in [1.54, 1.807) is 0 Å². The first-order chi connectivity index (χ1) is 10.8. The molecule has 1 N–H and O–H groups in total. The quantitative estimate of drug-likeness (QED) is 0.785. The van der Waals surface area contributed by atoms with Crippen molar-refractivity contribution in [2.24, 2.45) is 11.8 Å². The van der Waals surface area contributed by atoms with E-state index in [9.17, 15) is 9.90 Å². The number of hydrogen-bond donors (Lipinski definition) is 1. The summed E-state index contributed by atoms with van der Waals surface area (Å²) in [5, 5.41) is 10.1. The van der Waals surface area contributed by atoms with Crippen LogP contribution in [0.5, 0.6) is 5.75 Å². The Morgan fingerprint density at radius 1 is 1.26 bits per heavy atom. The van der Waals surface area contributed by atoms with Gasteiger partial charge in [0.15, 0.2) is 0 Å². The van der Waals surface area contributed by atoms with Crippen LogP contribution in [0, 0.1) is 18.8 Å². The van der Waals surface area contributed by atoms with Gasteiger partial charge in [-0.05, 0) is 60.8 Å². The fourth-order valence-electron chi connectivity index (χ4n) is 3.46. The minimum Gasteiger partial charge on any atom is -0.508 e. The van der Waals surface area contributed by atoms with Crippen LogP contribution in [0.25, 0.3) is 0 Å². The topological polar surface area (TPSA) is 46.5 Å². The first-order valence-electron chi connectivity index (χ1n) is 8.85. The lowest BCUT2D eigenvalue weighted by molar-refractivity contribution is -0.148. The normalized spacial score (nSPS) is 21.8. The van der Waals surface area contributed by atoms with E-state index >= 15 is 0 Å². The van der Waals surface area contributed by atoms with Crippen LogP contribution in [0.3, 0.4) is 0 Å². The highest BCUT2D eigenvalue weighted by molar-refractivity contribution is 5.71. The van der Waals surface area contributed by atoms with Gasteiger partial charge in [-0.25, -0.2) is 0 Å². The summed E-state index contributed by atoms with van der Waals surface area (Å²) in [4.78, 5) is 12.0. The second-order valence-electron chi connectivity index (χ2n) is 7.33. The fraction of sp³-hybridized carbons (Fsp3) is 0.650. The van der Waals surface area contributed by atoms with E-state index in [0.717, 1.165) is 30.4 Å². The van der Waals surface area contributed by atoms with Crippen LogP contribution in [-0.2, 0) is 9.53 Å². The van der Waals surface area contributed by atoms with Gasteiger partial charge in [0.25, 0.3) is 0 Å². The van der Waals surface area contributed by atoms with Crippen molar-refractivity contribution in [3.63, 3.8) is 0 Å². The third-order valence-corrected chi connectivity index (χ3v) is 5.31. The molecule has 0 aliphatic heterocycles. The van der Waals surface area contributed by atoms with Gasteiger partial charge in [-0.15, -0.1) is 0 Å². The predicted molar refractivity (Wildman–Crippen MR) is 92.8 cm³/mol. The molecule has 0 fully saturated rings. The second-order valence-corrected chi connectivity index (χ2v) is 7.33. The number of phenolic OH excluding ortho intramolecular Hbond substituents is 1. The molecule has 1 aromatic rings. The van der Waals surface area contributed by atoms with Gasteiger partial charge >= 0.3 is 5.97 Å². The Labute approximate surface area is 140 Å².